The van der Waals surface area contributed by atoms with Gasteiger partial charge in [-0.2, -0.15) is 0 Å². The van der Waals surface area contributed by atoms with Crippen molar-refractivity contribution < 1.29 is 19.1 Å². The third kappa shape index (κ3) is 6.08. The van der Waals surface area contributed by atoms with Gasteiger partial charge in [-0.15, -0.1) is 0 Å². The van der Waals surface area contributed by atoms with Gasteiger partial charge in [-0.05, 0) is 57.8 Å². The number of hydrogen-bond donors (Lipinski definition) is 0. The van der Waals surface area contributed by atoms with E-state index < -0.39 is 0 Å². The van der Waals surface area contributed by atoms with Gasteiger partial charge < -0.3 is 9.47 Å². The van der Waals surface area contributed by atoms with E-state index in [1.54, 1.807) is 0 Å². The number of carbonyl (C=O) groups is 2. The number of ether oxygens (including phenoxy) is 2. The maximum absolute atomic E-state index is 12.4. The second-order valence-corrected chi connectivity index (χ2v) is 9.65. The highest BCUT2D eigenvalue weighted by atomic mass is 16.5. The molecule has 29 heavy (non-hydrogen) atoms. The lowest BCUT2D eigenvalue weighted by Gasteiger charge is -2.66. The molecule has 0 aromatic rings. The lowest BCUT2D eigenvalue weighted by atomic mass is 9.35. The molecule has 4 nitrogen and oxygen atoms in total. The minimum atomic E-state index is -0.362. The van der Waals surface area contributed by atoms with E-state index in [1.807, 2.05) is 0 Å². The van der Waals surface area contributed by atoms with Crippen LogP contribution in [0.3, 0.4) is 0 Å². The fourth-order valence-corrected chi connectivity index (χ4v) is 5.24. The van der Waals surface area contributed by atoms with Crippen molar-refractivity contribution in [3.63, 3.8) is 0 Å². The van der Waals surface area contributed by atoms with Crippen LogP contribution in [0.25, 0.3) is 0 Å². The quantitative estimate of drug-likeness (QED) is 0.352. The second-order valence-electron chi connectivity index (χ2n) is 9.65. The third-order valence-electron chi connectivity index (χ3n) is 7.06. The first-order valence-corrected chi connectivity index (χ1v) is 12.2. The standard InChI is InChI=1S/C25H40O4/c26-22-24-19-25(20-24,21-24)23(27)29-18-16-14-12-10-8-6-4-2-1-3-5-7-9-11-13-15-17-28-22/h1-2H,3-21H2/b2-1+. The Balaban J connectivity index is 1.37. The van der Waals surface area contributed by atoms with Crippen molar-refractivity contribution in [1.82, 2.24) is 0 Å². The molecule has 3 heterocycles. The maximum Gasteiger partial charge on any atom is 0.312 e. The van der Waals surface area contributed by atoms with Crippen LogP contribution >= 0.6 is 0 Å². The van der Waals surface area contributed by atoms with E-state index in [-0.39, 0.29) is 22.8 Å². The maximum atomic E-state index is 12.4. The largest absolute Gasteiger partial charge is 0.465 e. The Hall–Kier alpha value is -1.32. The van der Waals surface area contributed by atoms with Crippen molar-refractivity contribution in [2.24, 2.45) is 10.8 Å². The summed E-state index contributed by atoms with van der Waals surface area (Å²) in [6, 6.07) is 0. The van der Waals surface area contributed by atoms with Crippen molar-refractivity contribution in [2.75, 3.05) is 13.2 Å². The number of rotatable bonds is 0. The minimum absolute atomic E-state index is 0.0792. The molecular formula is C25H40O4. The van der Waals surface area contributed by atoms with Crippen LogP contribution in [0.4, 0.5) is 0 Å². The fraction of sp³-hybridized carbons (Fsp3) is 0.840. The second kappa shape index (κ2) is 11.2. The molecule has 3 aliphatic carbocycles. The summed E-state index contributed by atoms with van der Waals surface area (Å²) in [6.07, 6.45) is 23.4. The van der Waals surface area contributed by atoms with Crippen LogP contribution in [0.5, 0.6) is 0 Å². The Labute approximate surface area is 176 Å². The van der Waals surface area contributed by atoms with Crippen LogP contribution in [0.1, 0.15) is 109 Å². The average molecular weight is 405 g/mol. The van der Waals surface area contributed by atoms with Crippen LogP contribution in [0.2, 0.25) is 0 Å². The molecule has 0 radical (unpaired) electrons. The molecule has 0 aromatic heterocycles. The molecule has 6 rings (SSSR count). The summed E-state index contributed by atoms with van der Waals surface area (Å²) in [4.78, 5) is 24.7. The topological polar surface area (TPSA) is 52.6 Å². The van der Waals surface area contributed by atoms with Gasteiger partial charge >= 0.3 is 11.9 Å². The van der Waals surface area contributed by atoms with Gasteiger partial charge in [0.2, 0.25) is 0 Å². The molecule has 0 amide bonds. The van der Waals surface area contributed by atoms with E-state index >= 15 is 0 Å². The van der Waals surface area contributed by atoms with E-state index in [0.717, 1.165) is 25.7 Å². The van der Waals surface area contributed by atoms with Crippen molar-refractivity contribution in [1.29, 1.82) is 0 Å². The first-order valence-electron chi connectivity index (χ1n) is 12.2. The zero-order chi connectivity index (χ0) is 20.4. The highest BCUT2D eigenvalue weighted by Gasteiger charge is 2.76. The summed E-state index contributed by atoms with van der Waals surface area (Å²) in [6.45, 7) is 1.06. The molecule has 164 valence electrons. The van der Waals surface area contributed by atoms with Crippen LogP contribution in [-0.4, -0.2) is 25.2 Å². The van der Waals surface area contributed by atoms with Gasteiger partial charge in [-0.25, -0.2) is 0 Å². The summed E-state index contributed by atoms with van der Waals surface area (Å²) < 4.78 is 11.0. The Kier molecular flexibility index (Phi) is 8.62. The summed E-state index contributed by atoms with van der Waals surface area (Å²) in [7, 11) is 0. The lowest BCUT2D eigenvalue weighted by Crippen LogP contribution is -2.69. The Bertz CT molecular complexity index is 499. The number of carbonyl (C=O) groups excluding carboxylic acids is 2. The zero-order valence-corrected chi connectivity index (χ0v) is 18.2. The van der Waals surface area contributed by atoms with Crippen molar-refractivity contribution in [2.45, 2.75) is 109 Å². The Morgan fingerprint density at radius 1 is 0.517 bits per heavy atom. The predicted octanol–water partition coefficient (Wildman–Crippen LogP) is 6.27. The predicted molar refractivity (Wildman–Crippen MR) is 114 cm³/mol. The van der Waals surface area contributed by atoms with Gasteiger partial charge in [0.15, 0.2) is 0 Å². The molecule has 4 heteroatoms. The van der Waals surface area contributed by atoms with E-state index in [2.05, 4.69) is 12.2 Å². The lowest BCUT2D eigenvalue weighted by molar-refractivity contribution is -0.237. The molecule has 3 aliphatic heterocycles. The molecule has 0 unspecified atom stereocenters. The summed E-state index contributed by atoms with van der Waals surface area (Å²) in [5.41, 5.74) is -0.725. The molecule has 2 bridgehead atoms. The van der Waals surface area contributed by atoms with E-state index in [0.29, 0.717) is 32.5 Å². The highest BCUT2D eigenvalue weighted by molar-refractivity contribution is 5.91. The van der Waals surface area contributed by atoms with Crippen molar-refractivity contribution in [3.8, 4) is 0 Å². The van der Waals surface area contributed by atoms with E-state index in [9.17, 15) is 9.59 Å². The molecule has 6 aliphatic rings. The Morgan fingerprint density at radius 3 is 1.28 bits per heavy atom. The van der Waals surface area contributed by atoms with Crippen LogP contribution in [0, 0.1) is 10.8 Å². The average Bonchev–Trinajstić information content (AvgIpc) is 2.63. The normalized spacial score (nSPS) is 34.9. The van der Waals surface area contributed by atoms with E-state index in [4.69, 9.17) is 9.47 Å². The molecule has 0 saturated heterocycles. The first kappa shape index (κ1) is 22.4. The van der Waals surface area contributed by atoms with Gasteiger partial charge in [0.1, 0.15) is 0 Å². The molecule has 0 atom stereocenters. The number of hydrogen-bond acceptors (Lipinski definition) is 4. The van der Waals surface area contributed by atoms with Crippen LogP contribution < -0.4 is 0 Å². The van der Waals surface area contributed by atoms with E-state index in [1.165, 1.54) is 64.2 Å². The summed E-state index contributed by atoms with van der Waals surface area (Å²) in [5, 5.41) is 0. The molecule has 0 spiro atoms. The van der Waals surface area contributed by atoms with Crippen molar-refractivity contribution >= 4 is 11.9 Å². The SMILES string of the molecule is O=C1OCCCCCCCC/C=C/CCCCCCCCOC(=O)C23CC1(C2)C3. The van der Waals surface area contributed by atoms with Gasteiger partial charge in [0, 0.05) is 0 Å². The molecule has 3 saturated carbocycles. The summed E-state index contributed by atoms with van der Waals surface area (Å²) in [5.74, 6) is -0.158. The minimum Gasteiger partial charge on any atom is -0.465 e. The monoisotopic (exact) mass is 404 g/mol. The van der Waals surface area contributed by atoms with Crippen LogP contribution in [0.15, 0.2) is 12.2 Å². The molecule has 0 aromatic carbocycles. The van der Waals surface area contributed by atoms with Crippen LogP contribution in [-0.2, 0) is 19.1 Å². The van der Waals surface area contributed by atoms with Crippen molar-refractivity contribution in [3.05, 3.63) is 12.2 Å². The van der Waals surface area contributed by atoms with Gasteiger partial charge in [-0.1, -0.05) is 63.5 Å². The zero-order valence-electron chi connectivity index (χ0n) is 18.2. The van der Waals surface area contributed by atoms with Gasteiger partial charge in [-0.3, -0.25) is 9.59 Å². The molecular weight excluding hydrogens is 364 g/mol. The highest BCUT2D eigenvalue weighted by Crippen LogP contribution is 2.74. The van der Waals surface area contributed by atoms with Gasteiger partial charge in [0.25, 0.3) is 0 Å². The first-order chi connectivity index (χ1) is 14.2. The summed E-state index contributed by atoms with van der Waals surface area (Å²) >= 11 is 0. The third-order valence-corrected chi connectivity index (χ3v) is 7.06. The number of allylic oxidation sites excluding steroid dienone is 2. The number of esters is 2. The molecule has 0 N–H and O–H groups in total. The smallest absolute Gasteiger partial charge is 0.312 e. The fourth-order valence-electron chi connectivity index (χ4n) is 5.24. The Morgan fingerprint density at radius 2 is 0.862 bits per heavy atom. The molecule has 3 fully saturated rings. The van der Waals surface area contributed by atoms with Gasteiger partial charge in [0.05, 0.1) is 24.0 Å².